The predicted molar refractivity (Wildman–Crippen MR) is 101 cm³/mol. The molecular weight excluding hydrogens is 360 g/mol. The fraction of sp³-hybridized carbons (Fsp3) is 0.619. The van der Waals surface area contributed by atoms with Crippen molar-refractivity contribution in [3.63, 3.8) is 0 Å². The van der Waals surface area contributed by atoms with Crippen molar-refractivity contribution in [1.82, 2.24) is 4.90 Å². The second-order valence-corrected chi connectivity index (χ2v) is 8.18. The van der Waals surface area contributed by atoms with Crippen molar-refractivity contribution in [3.8, 4) is 0 Å². The van der Waals surface area contributed by atoms with Crippen LogP contribution < -0.4 is 0 Å². The quantitative estimate of drug-likeness (QED) is 0.774. The molecule has 1 aromatic rings. The van der Waals surface area contributed by atoms with Gasteiger partial charge in [0.25, 0.3) is 11.9 Å². The van der Waals surface area contributed by atoms with E-state index >= 15 is 0 Å². The Balaban J connectivity index is 1.28. The van der Waals surface area contributed by atoms with Crippen LogP contribution in [0.15, 0.2) is 29.3 Å². The Morgan fingerprint density at radius 3 is 2.43 bits per heavy atom. The molecule has 2 spiro atoms. The Kier molecular flexibility index (Phi) is 4.23. The molecular formula is C21H26N2O5. The van der Waals surface area contributed by atoms with Crippen molar-refractivity contribution >= 4 is 11.9 Å². The third-order valence-corrected chi connectivity index (χ3v) is 6.81. The zero-order chi connectivity index (χ0) is 19.4. The van der Waals surface area contributed by atoms with Crippen LogP contribution in [0.25, 0.3) is 0 Å². The number of piperidine rings is 1. The van der Waals surface area contributed by atoms with Gasteiger partial charge in [-0.15, -0.1) is 0 Å². The van der Waals surface area contributed by atoms with E-state index in [-0.39, 0.29) is 23.7 Å². The summed E-state index contributed by atoms with van der Waals surface area (Å²) in [6, 6.07) is 8.89. The van der Waals surface area contributed by atoms with Crippen LogP contribution in [-0.4, -0.2) is 61.9 Å². The first-order valence-corrected chi connectivity index (χ1v) is 9.94. The highest BCUT2D eigenvalue weighted by molar-refractivity contribution is 6.01. The lowest BCUT2D eigenvalue weighted by Gasteiger charge is -2.39. The number of hydrogen-bond donors (Lipinski definition) is 0. The van der Waals surface area contributed by atoms with Crippen molar-refractivity contribution in [2.24, 2.45) is 4.99 Å². The molecule has 28 heavy (non-hydrogen) atoms. The molecule has 7 heteroatoms. The first-order valence-electron chi connectivity index (χ1n) is 9.94. The maximum atomic E-state index is 12.7. The molecule has 0 bridgehead atoms. The van der Waals surface area contributed by atoms with E-state index in [0.717, 1.165) is 25.9 Å². The molecule has 7 nitrogen and oxygen atoms in total. The van der Waals surface area contributed by atoms with Gasteiger partial charge < -0.3 is 23.8 Å². The molecule has 1 saturated heterocycles. The second-order valence-electron chi connectivity index (χ2n) is 8.18. The Labute approximate surface area is 164 Å². The number of amidine groups is 1. The van der Waals surface area contributed by atoms with Gasteiger partial charge in [-0.05, 0) is 24.0 Å². The summed E-state index contributed by atoms with van der Waals surface area (Å²) in [5.74, 6) is -0.216. The van der Waals surface area contributed by atoms with Gasteiger partial charge in [0.1, 0.15) is 0 Å². The lowest BCUT2D eigenvalue weighted by Crippen LogP contribution is -2.46. The number of benzene rings is 1. The first kappa shape index (κ1) is 18.1. The first-order chi connectivity index (χ1) is 13.6. The van der Waals surface area contributed by atoms with Crippen molar-refractivity contribution in [2.75, 3.05) is 27.3 Å². The van der Waals surface area contributed by atoms with Gasteiger partial charge in [0, 0.05) is 40.2 Å². The summed E-state index contributed by atoms with van der Waals surface area (Å²) in [6.45, 7) is 2.17. The van der Waals surface area contributed by atoms with E-state index < -0.39 is 5.60 Å². The number of fused-ring (bicyclic) bond motifs is 2. The molecule has 0 aromatic heterocycles. The summed E-state index contributed by atoms with van der Waals surface area (Å²) in [5, 5.41) is 0. The molecule has 0 N–H and O–H groups in total. The van der Waals surface area contributed by atoms with E-state index in [1.807, 2.05) is 0 Å². The molecule has 1 aromatic carbocycles. The Morgan fingerprint density at radius 2 is 1.75 bits per heavy atom. The minimum Gasteiger partial charge on any atom is -0.448 e. The summed E-state index contributed by atoms with van der Waals surface area (Å²) in [4.78, 5) is 19.1. The summed E-state index contributed by atoms with van der Waals surface area (Å²) >= 11 is 0. The highest BCUT2D eigenvalue weighted by Gasteiger charge is 2.57. The lowest BCUT2D eigenvalue weighted by atomic mass is 9.84. The molecule has 1 amide bonds. The number of rotatable bonds is 2. The molecule has 3 heterocycles. The Hall–Kier alpha value is -1.96. The maximum absolute atomic E-state index is 12.7. The number of amides is 1. The van der Waals surface area contributed by atoms with E-state index in [9.17, 15) is 4.79 Å². The van der Waals surface area contributed by atoms with Crippen LogP contribution in [0, 0.1) is 0 Å². The number of hydrogen-bond acceptors (Lipinski definition) is 6. The number of carbonyl (C=O) groups is 1. The highest BCUT2D eigenvalue weighted by atomic mass is 16.6. The fourth-order valence-electron chi connectivity index (χ4n) is 5.15. The van der Waals surface area contributed by atoms with E-state index in [0.29, 0.717) is 25.5 Å². The van der Waals surface area contributed by atoms with Gasteiger partial charge in [-0.3, -0.25) is 4.79 Å². The number of carbonyl (C=O) groups excluding carboxylic acids is 1. The standard InChI is InChI=1S/C21H26N2O5/c1-25-16-11-21(12-17(16)26-2)18(24)22-19(28-21)23-9-7-20(8-10-23)15-6-4-3-5-14(15)13-27-20/h3-6,16-17H,7-13H2,1-2H3/t16-,17+,21?. The number of methoxy groups -OCH3 is 2. The van der Waals surface area contributed by atoms with Gasteiger partial charge >= 0.3 is 0 Å². The molecule has 1 unspecified atom stereocenters. The molecule has 0 radical (unpaired) electrons. The van der Waals surface area contributed by atoms with Crippen molar-refractivity contribution in [2.45, 2.75) is 55.7 Å². The van der Waals surface area contributed by atoms with Crippen LogP contribution in [-0.2, 0) is 35.9 Å². The summed E-state index contributed by atoms with van der Waals surface area (Å²) in [7, 11) is 3.28. The highest BCUT2D eigenvalue weighted by Crippen LogP contribution is 2.45. The number of likely N-dealkylation sites (tertiary alicyclic amines) is 1. The monoisotopic (exact) mass is 386 g/mol. The SMILES string of the molecule is CO[C@H]1CC2(C[C@H]1OC)OC(N1CCC3(CC1)OCc1ccccc13)=NC2=O. The topological polar surface area (TPSA) is 69.6 Å². The molecule has 1 aliphatic carbocycles. The normalized spacial score (nSPS) is 33.4. The molecule has 3 aliphatic heterocycles. The summed E-state index contributed by atoms with van der Waals surface area (Å²) < 4.78 is 23.4. The molecule has 150 valence electrons. The lowest BCUT2D eigenvalue weighted by molar-refractivity contribution is -0.131. The number of aliphatic imine (C=N–C) groups is 1. The average molecular weight is 386 g/mol. The van der Waals surface area contributed by atoms with Crippen molar-refractivity contribution < 1.29 is 23.7 Å². The van der Waals surface area contributed by atoms with Crippen LogP contribution in [0.5, 0.6) is 0 Å². The Bertz CT molecular complexity index is 803. The number of ether oxygens (including phenoxy) is 4. The van der Waals surface area contributed by atoms with Crippen molar-refractivity contribution in [3.05, 3.63) is 35.4 Å². The third kappa shape index (κ3) is 2.60. The maximum Gasteiger partial charge on any atom is 0.296 e. The largest absolute Gasteiger partial charge is 0.448 e. The van der Waals surface area contributed by atoms with Crippen molar-refractivity contribution in [1.29, 1.82) is 0 Å². The molecule has 5 rings (SSSR count). The van der Waals surface area contributed by atoms with E-state index in [1.165, 1.54) is 11.1 Å². The van der Waals surface area contributed by atoms with Crippen LogP contribution in [0.2, 0.25) is 0 Å². The zero-order valence-electron chi connectivity index (χ0n) is 16.3. The smallest absolute Gasteiger partial charge is 0.296 e. The van der Waals surface area contributed by atoms with Gasteiger partial charge in [-0.2, -0.15) is 4.99 Å². The van der Waals surface area contributed by atoms with Gasteiger partial charge in [-0.1, -0.05) is 24.3 Å². The van der Waals surface area contributed by atoms with Gasteiger partial charge in [0.15, 0.2) is 5.60 Å². The predicted octanol–water partition coefficient (Wildman–Crippen LogP) is 1.98. The molecule has 4 aliphatic rings. The average Bonchev–Trinajstić information content (AvgIpc) is 3.38. The van der Waals surface area contributed by atoms with Crippen LogP contribution in [0.4, 0.5) is 0 Å². The second kappa shape index (κ2) is 6.54. The van der Waals surface area contributed by atoms with Crippen LogP contribution in [0.3, 0.4) is 0 Å². The third-order valence-electron chi connectivity index (χ3n) is 6.81. The molecule has 1 saturated carbocycles. The fourth-order valence-corrected chi connectivity index (χ4v) is 5.15. The number of nitrogens with zero attached hydrogens (tertiary/aromatic N) is 2. The zero-order valence-corrected chi connectivity index (χ0v) is 16.3. The van der Waals surface area contributed by atoms with E-state index in [4.69, 9.17) is 18.9 Å². The van der Waals surface area contributed by atoms with Gasteiger partial charge in [0.2, 0.25) is 0 Å². The minimum absolute atomic E-state index is 0.156. The minimum atomic E-state index is -0.942. The summed E-state index contributed by atoms with van der Waals surface area (Å²) in [5.41, 5.74) is 1.42. The van der Waals surface area contributed by atoms with Crippen LogP contribution in [0.1, 0.15) is 36.8 Å². The van der Waals surface area contributed by atoms with E-state index in [1.54, 1.807) is 14.2 Å². The molecule has 2 fully saturated rings. The summed E-state index contributed by atoms with van der Waals surface area (Å²) in [6.07, 6.45) is 2.35. The van der Waals surface area contributed by atoms with E-state index in [2.05, 4.69) is 34.2 Å². The van der Waals surface area contributed by atoms with Crippen LogP contribution >= 0.6 is 0 Å². The Morgan fingerprint density at radius 1 is 1.07 bits per heavy atom. The molecule has 3 atom stereocenters. The van der Waals surface area contributed by atoms with Gasteiger partial charge in [-0.25, -0.2) is 0 Å². The van der Waals surface area contributed by atoms with Gasteiger partial charge in [0.05, 0.1) is 24.4 Å².